The number of carbonyl (C=O) groups is 1. The van der Waals surface area contributed by atoms with Crippen molar-refractivity contribution < 1.29 is 14.6 Å². The molecule has 0 aromatic carbocycles. The van der Waals surface area contributed by atoms with Crippen LogP contribution in [0.3, 0.4) is 0 Å². The topological polar surface area (TPSA) is 53.0 Å². The van der Waals surface area contributed by atoms with Crippen molar-refractivity contribution in [2.24, 2.45) is 0 Å². The van der Waals surface area contributed by atoms with E-state index in [0.29, 0.717) is 4.88 Å². The van der Waals surface area contributed by atoms with Gasteiger partial charge in [0.2, 0.25) is 0 Å². The summed E-state index contributed by atoms with van der Waals surface area (Å²) in [6.07, 6.45) is 1.97. The highest BCUT2D eigenvalue weighted by Gasteiger charge is 2.18. The predicted octanol–water partition coefficient (Wildman–Crippen LogP) is 1.86. The van der Waals surface area contributed by atoms with Gasteiger partial charge in [0.25, 0.3) is 0 Å². The van der Waals surface area contributed by atoms with Crippen molar-refractivity contribution in [1.82, 2.24) is 4.90 Å². The maximum absolute atomic E-state index is 11.2. The van der Waals surface area contributed by atoms with Gasteiger partial charge in [-0.1, -0.05) is 11.9 Å². The molecular weight excluding hydrogens is 284 g/mol. The van der Waals surface area contributed by atoms with E-state index in [1.54, 1.807) is 11.9 Å². The fourth-order valence-corrected chi connectivity index (χ4v) is 3.43. The first-order valence-corrected chi connectivity index (χ1v) is 8.21. The smallest absolute Gasteiger partial charge is 0.348 e. The lowest BCUT2D eigenvalue weighted by Crippen LogP contribution is -2.40. The Morgan fingerprint density at radius 1 is 1.58 bits per heavy atom. The van der Waals surface area contributed by atoms with Crippen LogP contribution >= 0.6 is 23.3 Å². The van der Waals surface area contributed by atoms with Crippen LogP contribution in [0.25, 0.3) is 0 Å². The number of nitrogens with zero attached hydrogens (tertiary/aromatic N) is 2. The first kappa shape index (κ1) is 14.6. The molecule has 0 unspecified atom stereocenters. The van der Waals surface area contributed by atoms with E-state index in [9.17, 15) is 4.79 Å². The summed E-state index contributed by atoms with van der Waals surface area (Å²) in [5, 5.41) is 11.0. The number of aromatic carboxylic acids is 1. The third-order valence-electron chi connectivity index (χ3n) is 3.05. The summed E-state index contributed by atoms with van der Waals surface area (Å²) in [7, 11) is 0. The maximum Gasteiger partial charge on any atom is 0.348 e. The Kier molecular flexibility index (Phi) is 5.50. The molecule has 0 aliphatic carbocycles. The second-order valence-electron chi connectivity index (χ2n) is 4.18. The molecule has 1 fully saturated rings. The summed E-state index contributed by atoms with van der Waals surface area (Å²) in [5.41, 5.74) is 0.804. The van der Waals surface area contributed by atoms with Gasteiger partial charge in [-0.15, -0.1) is 11.3 Å². The molecule has 0 amide bonds. The monoisotopic (exact) mass is 302 g/mol. The average molecular weight is 302 g/mol. The summed E-state index contributed by atoms with van der Waals surface area (Å²) in [4.78, 5) is 13.9. The zero-order valence-electron chi connectivity index (χ0n) is 10.9. The largest absolute Gasteiger partial charge is 0.477 e. The Balaban J connectivity index is 1.95. The molecule has 1 aromatic rings. The van der Waals surface area contributed by atoms with Crippen molar-refractivity contribution in [2.45, 2.75) is 0 Å². The molecule has 106 valence electrons. The van der Waals surface area contributed by atoms with E-state index >= 15 is 0 Å². The maximum atomic E-state index is 11.2. The van der Waals surface area contributed by atoms with Crippen LogP contribution in [0, 0.1) is 0 Å². The van der Waals surface area contributed by atoms with Crippen molar-refractivity contribution in [3.05, 3.63) is 16.3 Å². The van der Waals surface area contributed by atoms with Crippen LogP contribution < -0.4 is 4.31 Å². The third kappa shape index (κ3) is 3.85. The Morgan fingerprint density at radius 3 is 2.95 bits per heavy atom. The number of carboxylic acids is 1. The SMILES string of the molecule is CSN(CCN1CCOCC1)c1ccsc1C(=O)O. The molecule has 0 bridgehead atoms. The molecule has 1 aliphatic rings. The number of morpholine rings is 1. The number of ether oxygens (including phenoxy) is 1. The van der Waals surface area contributed by atoms with Gasteiger partial charge in [-0.05, 0) is 11.4 Å². The standard InChI is InChI=1S/C12H18N2O3S2/c1-18-14(4-3-13-5-7-17-8-6-13)10-2-9-19-11(10)12(15)16/h2,9H,3-8H2,1H3,(H,15,16). The molecule has 1 saturated heterocycles. The van der Waals surface area contributed by atoms with Crippen LogP contribution in [0.5, 0.6) is 0 Å². The second kappa shape index (κ2) is 7.14. The van der Waals surface area contributed by atoms with E-state index in [-0.39, 0.29) is 0 Å². The van der Waals surface area contributed by atoms with Crippen LogP contribution in [-0.4, -0.2) is 61.6 Å². The second-order valence-corrected chi connectivity index (χ2v) is 5.90. The molecule has 0 saturated carbocycles. The van der Waals surface area contributed by atoms with Gasteiger partial charge in [0.05, 0.1) is 18.9 Å². The lowest BCUT2D eigenvalue weighted by atomic mass is 10.3. The fraction of sp³-hybridized carbons (Fsp3) is 0.583. The van der Waals surface area contributed by atoms with Gasteiger partial charge in [-0.3, -0.25) is 4.90 Å². The van der Waals surface area contributed by atoms with E-state index in [1.165, 1.54) is 11.3 Å². The Hall–Kier alpha value is -0.760. The summed E-state index contributed by atoms with van der Waals surface area (Å²) >= 11 is 2.84. The summed E-state index contributed by atoms with van der Waals surface area (Å²) < 4.78 is 7.37. The number of thiophene rings is 1. The molecule has 5 nitrogen and oxygen atoms in total. The van der Waals surface area contributed by atoms with Crippen LogP contribution in [0.2, 0.25) is 0 Å². The fourth-order valence-electron chi connectivity index (χ4n) is 2.03. The Bertz CT molecular complexity index is 419. The van der Waals surface area contributed by atoms with E-state index in [4.69, 9.17) is 9.84 Å². The highest BCUT2D eigenvalue weighted by molar-refractivity contribution is 8.00. The Morgan fingerprint density at radius 2 is 2.32 bits per heavy atom. The number of rotatable bonds is 6. The van der Waals surface area contributed by atoms with Gasteiger partial charge in [-0.25, -0.2) is 4.79 Å². The first-order valence-electron chi connectivity index (χ1n) is 6.15. The first-order chi connectivity index (χ1) is 9.22. The molecule has 1 aliphatic heterocycles. The van der Waals surface area contributed by atoms with Gasteiger partial charge >= 0.3 is 5.97 Å². The highest BCUT2D eigenvalue weighted by atomic mass is 32.2. The zero-order chi connectivity index (χ0) is 13.7. The molecule has 2 heterocycles. The number of hydrogen-bond donors (Lipinski definition) is 1. The molecule has 7 heteroatoms. The van der Waals surface area contributed by atoms with Crippen LogP contribution in [0.4, 0.5) is 5.69 Å². The molecule has 1 N–H and O–H groups in total. The lowest BCUT2D eigenvalue weighted by Gasteiger charge is -2.29. The lowest BCUT2D eigenvalue weighted by molar-refractivity contribution is 0.0395. The Labute approximate surface area is 121 Å². The van der Waals surface area contributed by atoms with Gasteiger partial charge < -0.3 is 14.1 Å². The molecule has 0 radical (unpaired) electrons. The zero-order valence-corrected chi connectivity index (χ0v) is 12.5. The van der Waals surface area contributed by atoms with Gasteiger partial charge in [-0.2, -0.15) is 0 Å². The van der Waals surface area contributed by atoms with E-state index < -0.39 is 5.97 Å². The summed E-state index contributed by atoms with van der Waals surface area (Å²) in [6, 6.07) is 1.88. The van der Waals surface area contributed by atoms with Crippen LogP contribution in [-0.2, 0) is 4.74 Å². The van der Waals surface area contributed by atoms with Crippen LogP contribution in [0.1, 0.15) is 9.67 Å². The molecule has 0 atom stereocenters. The number of hydrogen-bond acceptors (Lipinski definition) is 6. The molecule has 2 rings (SSSR count). The van der Waals surface area contributed by atoms with Crippen molar-refractivity contribution in [1.29, 1.82) is 0 Å². The minimum absolute atomic E-state index is 0.413. The number of anilines is 1. The average Bonchev–Trinajstić information content (AvgIpc) is 2.90. The van der Waals surface area contributed by atoms with E-state index in [0.717, 1.165) is 45.1 Å². The minimum atomic E-state index is -0.851. The summed E-state index contributed by atoms with van der Waals surface area (Å²) in [6.45, 7) is 5.24. The highest BCUT2D eigenvalue weighted by Crippen LogP contribution is 2.29. The minimum Gasteiger partial charge on any atom is -0.477 e. The van der Waals surface area contributed by atoms with Gasteiger partial charge in [0, 0.05) is 32.4 Å². The van der Waals surface area contributed by atoms with E-state index in [1.807, 2.05) is 17.7 Å². The normalized spacial score (nSPS) is 16.5. The summed E-state index contributed by atoms with van der Waals surface area (Å²) in [5.74, 6) is -0.851. The third-order valence-corrected chi connectivity index (χ3v) is 4.76. The van der Waals surface area contributed by atoms with Crippen molar-refractivity contribution in [2.75, 3.05) is 50.0 Å². The van der Waals surface area contributed by atoms with Gasteiger partial charge in [0.15, 0.2) is 0 Å². The number of carboxylic acid groups (broad SMARTS) is 1. The molecule has 19 heavy (non-hydrogen) atoms. The van der Waals surface area contributed by atoms with Crippen molar-refractivity contribution >= 4 is 34.9 Å². The molecule has 1 aromatic heterocycles. The van der Waals surface area contributed by atoms with Crippen molar-refractivity contribution in [3.8, 4) is 0 Å². The quantitative estimate of drug-likeness (QED) is 0.810. The van der Waals surface area contributed by atoms with Crippen LogP contribution in [0.15, 0.2) is 11.4 Å². The van der Waals surface area contributed by atoms with Crippen molar-refractivity contribution in [3.63, 3.8) is 0 Å². The van der Waals surface area contributed by atoms with E-state index in [2.05, 4.69) is 9.21 Å². The van der Waals surface area contributed by atoms with Gasteiger partial charge in [0.1, 0.15) is 4.88 Å². The molecular formula is C12H18N2O3S2. The predicted molar refractivity (Wildman–Crippen MR) is 79.4 cm³/mol. The molecule has 0 spiro atoms.